The maximum Gasteiger partial charge on any atom is 0.165 e. The Kier molecular flexibility index (Phi) is 4.03. The summed E-state index contributed by atoms with van der Waals surface area (Å²) in [6.07, 6.45) is 1.88. The lowest BCUT2D eigenvalue weighted by atomic mass is 10.1. The molecule has 2 aliphatic rings. The van der Waals surface area contributed by atoms with Crippen LogP contribution in [-0.4, -0.2) is 43.6 Å². The van der Waals surface area contributed by atoms with Crippen molar-refractivity contribution in [3.8, 4) is 5.75 Å². The standard InChI is InChI=1S/C16H21NO3/c1-19-14-4-2-3-12(9-14)10-17-7-8-20-15(11-17)16(18)13-5-6-13/h2-4,9,13,15H,5-8,10-11H2,1H3/t15-/m0/s1. The van der Waals surface area contributed by atoms with Gasteiger partial charge in [-0.15, -0.1) is 0 Å². The molecule has 2 fully saturated rings. The Morgan fingerprint density at radius 1 is 1.45 bits per heavy atom. The molecule has 1 saturated carbocycles. The van der Waals surface area contributed by atoms with E-state index in [9.17, 15) is 4.79 Å². The van der Waals surface area contributed by atoms with Crippen molar-refractivity contribution >= 4 is 5.78 Å². The second-order valence-electron chi connectivity index (χ2n) is 5.62. The molecule has 3 rings (SSSR count). The first-order chi connectivity index (χ1) is 9.76. The van der Waals surface area contributed by atoms with Gasteiger partial charge in [-0.3, -0.25) is 9.69 Å². The summed E-state index contributed by atoms with van der Waals surface area (Å²) in [5.74, 6) is 1.46. The fourth-order valence-corrected chi connectivity index (χ4v) is 2.68. The Labute approximate surface area is 119 Å². The summed E-state index contributed by atoms with van der Waals surface area (Å²) in [7, 11) is 1.68. The molecule has 1 atom stereocenters. The van der Waals surface area contributed by atoms with Gasteiger partial charge in [-0.05, 0) is 30.5 Å². The Hall–Kier alpha value is -1.39. The molecule has 4 heteroatoms. The Balaban J connectivity index is 1.60. The zero-order valence-electron chi connectivity index (χ0n) is 11.9. The lowest BCUT2D eigenvalue weighted by molar-refractivity contribution is -0.137. The van der Waals surface area contributed by atoms with Crippen LogP contribution in [0.2, 0.25) is 0 Å². The first-order valence-corrected chi connectivity index (χ1v) is 7.27. The van der Waals surface area contributed by atoms with Crippen molar-refractivity contribution in [2.75, 3.05) is 26.8 Å². The van der Waals surface area contributed by atoms with Crippen LogP contribution in [0.1, 0.15) is 18.4 Å². The van der Waals surface area contributed by atoms with E-state index in [1.807, 2.05) is 18.2 Å². The third-order valence-electron chi connectivity index (χ3n) is 3.99. The Morgan fingerprint density at radius 2 is 2.30 bits per heavy atom. The first kappa shape index (κ1) is 13.6. The van der Waals surface area contributed by atoms with Gasteiger partial charge < -0.3 is 9.47 Å². The van der Waals surface area contributed by atoms with Gasteiger partial charge in [0.05, 0.1) is 13.7 Å². The lowest BCUT2D eigenvalue weighted by Gasteiger charge is -2.32. The third kappa shape index (κ3) is 3.19. The minimum absolute atomic E-state index is 0.221. The minimum atomic E-state index is -0.221. The summed E-state index contributed by atoms with van der Waals surface area (Å²) in [5, 5.41) is 0. The van der Waals surface area contributed by atoms with Gasteiger partial charge in [-0.1, -0.05) is 12.1 Å². The molecule has 0 N–H and O–H groups in total. The van der Waals surface area contributed by atoms with Crippen LogP contribution in [0.4, 0.5) is 0 Å². The Morgan fingerprint density at radius 3 is 3.05 bits per heavy atom. The molecule has 108 valence electrons. The average molecular weight is 275 g/mol. The van der Waals surface area contributed by atoms with Crippen LogP contribution in [0.5, 0.6) is 5.75 Å². The van der Waals surface area contributed by atoms with Crippen LogP contribution in [0.25, 0.3) is 0 Å². The zero-order valence-corrected chi connectivity index (χ0v) is 11.9. The van der Waals surface area contributed by atoms with E-state index in [0.717, 1.165) is 31.7 Å². The molecular formula is C16H21NO3. The van der Waals surface area contributed by atoms with E-state index in [1.54, 1.807) is 7.11 Å². The number of hydrogen-bond donors (Lipinski definition) is 0. The molecule has 0 bridgehead atoms. The fraction of sp³-hybridized carbons (Fsp3) is 0.562. The Bertz CT molecular complexity index is 484. The summed E-state index contributed by atoms with van der Waals surface area (Å²) in [6, 6.07) is 8.09. The number of rotatable bonds is 5. The van der Waals surface area contributed by atoms with Gasteiger partial charge in [0, 0.05) is 25.6 Å². The lowest BCUT2D eigenvalue weighted by Crippen LogP contribution is -2.46. The fourth-order valence-electron chi connectivity index (χ4n) is 2.68. The predicted molar refractivity (Wildman–Crippen MR) is 75.7 cm³/mol. The third-order valence-corrected chi connectivity index (χ3v) is 3.99. The number of ketones is 1. The molecule has 0 aromatic heterocycles. The molecule has 0 amide bonds. The molecule has 0 unspecified atom stereocenters. The van der Waals surface area contributed by atoms with Crippen molar-refractivity contribution in [3.63, 3.8) is 0 Å². The van der Waals surface area contributed by atoms with Crippen molar-refractivity contribution in [1.82, 2.24) is 4.90 Å². The molecule has 0 spiro atoms. The maximum atomic E-state index is 12.1. The van der Waals surface area contributed by atoms with Crippen LogP contribution in [0.3, 0.4) is 0 Å². The summed E-state index contributed by atoms with van der Waals surface area (Å²) in [4.78, 5) is 14.4. The smallest absolute Gasteiger partial charge is 0.165 e. The van der Waals surface area contributed by atoms with E-state index in [-0.39, 0.29) is 12.0 Å². The van der Waals surface area contributed by atoms with Gasteiger partial charge >= 0.3 is 0 Å². The molecule has 20 heavy (non-hydrogen) atoms. The van der Waals surface area contributed by atoms with E-state index < -0.39 is 0 Å². The van der Waals surface area contributed by atoms with Crippen LogP contribution in [0, 0.1) is 5.92 Å². The molecule has 4 nitrogen and oxygen atoms in total. The second kappa shape index (κ2) is 5.94. The van der Waals surface area contributed by atoms with Gasteiger partial charge in [0.15, 0.2) is 5.78 Å². The van der Waals surface area contributed by atoms with Gasteiger partial charge in [0.1, 0.15) is 11.9 Å². The van der Waals surface area contributed by atoms with Crippen LogP contribution < -0.4 is 4.74 Å². The van der Waals surface area contributed by atoms with Crippen LogP contribution >= 0.6 is 0 Å². The van der Waals surface area contributed by atoms with E-state index >= 15 is 0 Å². The van der Waals surface area contributed by atoms with E-state index in [2.05, 4.69) is 11.0 Å². The highest BCUT2D eigenvalue weighted by Gasteiger charge is 2.37. The molecule has 0 radical (unpaired) electrons. The number of Topliss-reactive ketones (excluding diaryl/α,β-unsaturated/α-hetero) is 1. The number of benzene rings is 1. The molecule has 1 heterocycles. The van der Waals surface area contributed by atoms with Gasteiger partial charge in [0.25, 0.3) is 0 Å². The molecule has 1 aliphatic heterocycles. The van der Waals surface area contributed by atoms with Crippen molar-refractivity contribution < 1.29 is 14.3 Å². The molecule has 1 aromatic carbocycles. The number of morpholine rings is 1. The largest absolute Gasteiger partial charge is 0.497 e. The highest BCUT2D eigenvalue weighted by molar-refractivity contribution is 5.87. The van der Waals surface area contributed by atoms with Crippen molar-refractivity contribution in [2.45, 2.75) is 25.5 Å². The minimum Gasteiger partial charge on any atom is -0.497 e. The van der Waals surface area contributed by atoms with Crippen LogP contribution in [-0.2, 0) is 16.1 Å². The molecular weight excluding hydrogens is 254 g/mol. The maximum absolute atomic E-state index is 12.1. The monoisotopic (exact) mass is 275 g/mol. The van der Waals surface area contributed by atoms with E-state index in [1.165, 1.54) is 5.56 Å². The number of hydrogen-bond acceptors (Lipinski definition) is 4. The molecule has 1 aromatic rings. The number of carbonyl (C=O) groups is 1. The van der Waals surface area contributed by atoms with E-state index in [0.29, 0.717) is 18.9 Å². The molecule has 1 saturated heterocycles. The molecule has 1 aliphatic carbocycles. The first-order valence-electron chi connectivity index (χ1n) is 7.27. The SMILES string of the molecule is COc1cccc(CN2CCO[C@H](C(=O)C3CC3)C2)c1. The second-order valence-corrected chi connectivity index (χ2v) is 5.62. The van der Waals surface area contributed by atoms with Gasteiger partial charge in [-0.2, -0.15) is 0 Å². The summed E-state index contributed by atoms with van der Waals surface area (Å²) >= 11 is 0. The van der Waals surface area contributed by atoms with Gasteiger partial charge in [-0.25, -0.2) is 0 Å². The highest BCUT2D eigenvalue weighted by atomic mass is 16.5. The normalized spacial score (nSPS) is 23.6. The highest BCUT2D eigenvalue weighted by Crippen LogP contribution is 2.32. The van der Waals surface area contributed by atoms with Crippen molar-refractivity contribution in [2.24, 2.45) is 5.92 Å². The topological polar surface area (TPSA) is 38.8 Å². The zero-order chi connectivity index (χ0) is 13.9. The van der Waals surface area contributed by atoms with Crippen molar-refractivity contribution in [3.05, 3.63) is 29.8 Å². The summed E-state index contributed by atoms with van der Waals surface area (Å²) < 4.78 is 10.9. The number of nitrogens with zero attached hydrogens (tertiary/aromatic N) is 1. The predicted octanol–water partition coefficient (Wildman–Crippen LogP) is 1.88. The van der Waals surface area contributed by atoms with E-state index in [4.69, 9.17) is 9.47 Å². The number of ether oxygens (including phenoxy) is 2. The average Bonchev–Trinajstić information content (AvgIpc) is 3.32. The number of carbonyl (C=O) groups excluding carboxylic acids is 1. The van der Waals surface area contributed by atoms with Crippen LogP contribution in [0.15, 0.2) is 24.3 Å². The summed E-state index contributed by atoms with van der Waals surface area (Å²) in [5.41, 5.74) is 1.21. The van der Waals surface area contributed by atoms with Crippen molar-refractivity contribution in [1.29, 1.82) is 0 Å². The summed E-state index contributed by atoms with van der Waals surface area (Å²) in [6.45, 7) is 3.08. The van der Waals surface area contributed by atoms with Gasteiger partial charge in [0.2, 0.25) is 0 Å². The quantitative estimate of drug-likeness (QED) is 0.822. The number of methoxy groups -OCH3 is 1.